The van der Waals surface area contributed by atoms with Gasteiger partial charge in [0.2, 0.25) is 0 Å². The maximum atomic E-state index is 12.1. The van der Waals surface area contributed by atoms with Gasteiger partial charge in [-0.2, -0.15) is 0 Å². The van der Waals surface area contributed by atoms with Crippen molar-refractivity contribution in [1.82, 2.24) is 0 Å². The Bertz CT molecular complexity index is 692. The molecule has 4 aliphatic carbocycles. The first-order chi connectivity index (χ1) is 14.8. The zero-order valence-corrected chi connectivity index (χ0v) is 22.1. The standard InChI is InChI=1S/C29H52O3/c1-9-10-20-12-11-16(2)23-21(20)14-27(6)15-28(7)13-17(3)22(19(5)30)26(32)29(28,8)18(4)24(27)25(23)31/h16-26,30-32H,9-15H2,1-8H3. The quantitative estimate of drug-likeness (QED) is 0.503. The largest absolute Gasteiger partial charge is 0.393 e. The Balaban J connectivity index is 1.76. The molecule has 0 saturated heterocycles. The summed E-state index contributed by atoms with van der Waals surface area (Å²) in [5.41, 5.74) is -0.150. The topological polar surface area (TPSA) is 60.7 Å². The molecule has 4 fully saturated rings. The van der Waals surface area contributed by atoms with Gasteiger partial charge < -0.3 is 15.3 Å². The van der Waals surface area contributed by atoms with Crippen molar-refractivity contribution in [2.75, 3.05) is 0 Å². The SMILES string of the molecule is CCCC1CCC(C)C2C(O)C3C(C)C4(C)C(O)C(C(C)O)C(C)CC4(C)CC3(C)CC12. The van der Waals surface area contributed by atoms with Crippen LogP contribution in [-0.2, 0) is 0 Å². The van der Waals surface area contributed by atoms with Crippen LogP contribution in [0.25, 0.3) is 0 Å². The highest BCUT2D eigenvalue weighted by molar-refractivity contribution is 5.18. The molecule has 14 atom stereocenters. The highest BCUT2D eigenvalue weighted by Crippen LogP contribution is 2.72. The van der Waals surface area contributed by atoms with Crippen LogP contribution in [0.5, 0.6) is 0 Å². The second-order valence-electron chi connectivity index (χ2n) is 14.0. The predicted octanol–water partition coefficient (Wildman–Crippen LogP) is 5.90. The van der Waals surface area contributed by atoms with Crippen molar-refractivity contribution >= 4 is 0 Å². The second-order valence-corrected chi connectivity index (χ2v) is 14.0. The van der Waals surface area contributed by atoms with Crippen molar-refractivity contribution in [2.24, 2.45) is 63.6 Å². The van der Waals surface area contributed by atoms with Crippen LogP contribution in [-0.4, -0.2) is 33.6 Å². The molecule has 0 aromatic rings. The summed E-state index contributed by atoms with van der Waals surface area (Å²) >= 11 is 0. The van der Waals surface area contributed by atoms with Crippen LogP contribution in [0.1, 0.15) is 100 Å². The van der Waals surface area contributed by atoms with Crippen molar-refractivity contribution in [3.8, 4) is 0 Å². The number of aliphatic hydroxyl groups is 3. The van der Waals surface area contributed by atoms with Crippen LogP contribution in [0.15, 0.2) is 0 Å². The van der Waals surface area contributed by atoms with Crippen molar-refractivity contribution in [3.05, 3.63) is 0 Å². The Morgan fingerprint density at radius 3 is 2.22 bits per heavy atom. The van der Waals surface area contributed by atoms with E-state index < -0.39 is 12.2 Å². The van der Waals surface area contributed by atoms with Crippen LogP contribution in [0.4, 0.5) is 0 Å². The average Bonchev–Trinajstić information content (AvgIpc) is 2.66. The van der Waals surface area contributed by atoms with E-state index in [1.54, 1.807) is 0 Å². The van der Waals surface area contributed by atoms with Gasteiger partial charge >= 0.3 is 0 Å². The molecular formula is C29H52O3. The molecule has 32 heavy (non-hydrogen) atoms. The third-order valence-electron chi connectivity index (χ3n) is 12.2. The molecule has 3 nitrogen and oxygen atoms in total. The minimum absolute atomic E-state index is 0.0228. The smallest absolute Gasteiger partial charge is 0.0656 e. The van der Waals surface area contributed by atoms with Crippen LogP contribution < -0.4 is 0 Å². The third-order valence-corrected chi connectivity index (χ3v) is 12.2. The van der Waals surface area contributed by atoms with E-state index in [-0.39, 0.29) is 40.1 Å². The summed E-state index contributed by atoms with van der Waals surface area (Å²) in [7, 11) is 0. The number of fused-ring (bicyclic) bond motifs is 3. The van der Waals surface area contributed by atoms with E-state index in [9.17, 15) is 15.3 Å². The maximum Gasteiger partial charge on any atom is 0.0656 e. The lowest BCUT2D eigenvalue weighted by Crippen LogP contribution is -2.70. The second kappa shape index (κ2) is 8.23. The lowest BCUT2D eigenvalue weighted by atomic mass is 9.34. The van der Waals surface area contributed by atoms with Crippen LogP contribution in [0.2, 0.25) is 0 Å². The van der Waals surface area contributed by atoms with E-state index in [4.69, 9.17) is 0 Å². The van der Waals surface area contributed by atoms with Crippen molar-refractivity contribution in [1.29, 1.82) is 0 Å². The van der Waals surface area contributed by atoms with Gasteiger partial charge in [0.25, 0.3) is 0 Å². The normalized spacial score (nSPS) is 59.0. The lowest BCUT2D eigenvalue weighted by molar-refractivity contribution is -0.279. The molecule has 0 radical (unpaired) electrons. The van der Waals surface area contributed by atoms with Crippen molar-refractivity contribution in [3.63, 3.8) is 0 Å². The van der Waals surface area contributed by atoms with E-state index in [1.807, 2.05) is 6.92 Å². The first-order valence-corrected chi connectivity index (χ1v) is 13.9. The molecule has 4 saturated carbocycles. The molecule has 3 N–H and O–H groups in total. The van der Waals surface area contributed by atoms with E-state index >= 15 is 0 Å². The van der Waals surface area contributed by atoms with E-state index in [2.05, 4.69) is 48.5 Å². The molecule has 4 aliphatic rings. The van der Waals surface area contributed by atoms with Gasteiger partial charge in [-0.3, -0.25) is 0 Å². The van der Waals surface area contributed by atoms with Gasteiger partial charge in [-0.15, -0.1) is 0 Å². The summed E-state index contributed by atoms with van der Waals surface area (Å²) in [6.45, 7) is 18.3. The third kappa shape index (κ3) is 3.30. The summed E-state index contributed by atoms with van der Waals surface area (Å²) in [5, 5.41) is 34.5. The molecular weight excluding hydrogens is 396 g/mol. The maximum absolute atomic E-state index is 12.1. The Kier molecular flexibility index (Phi) is 6.43. The van der Waals surface area contributed by atoms with Gasteiger partial charge in [-0.1, -0.05) is 67.7 Å². The Hall–Kier alpha value is -0.120. The zero-order valence-electron chi connectivity index (χ0n) is 22.1. The zero-order chi connectivity index (χ0) is 23.8. The number of hydrogen-bond donors (Lipinski definition) is 3. The van der Waals surface area contributed by atoms with Crippen molar-refractivity contribution < 1.29 is 15.3 Å². The molecule has 4 rings (SSSR count). The van der Waals surface area contributed by atoms with Crippen molar-refractivity contribution in [2.45, 2.75) is 119 Å². The van der Waals surface area contributed by atoms with Gasteiger partial charge in [-0.05, 0) is 84.9 Å². The fraction of sp³-hybridized carbons (Fsp3) is 1.00. The summed E-state index contributed by atoms with van der Waals surface area (Å²) in [6.07, 6.45) is 7.21. The summed E-state index contributed by atoms with van der Waals surface area (Å²) in [4.78, 5) is 0. The summed E-state index contributed by atoms with van der Waals surface area (Å²) < 4.78 is 0. The Morgan fingerprint density at radius 2 is 1.62 bits per heavy atom. The molecule has 0 heterocycles. The lowest BCUT2D eigenvalue weighted by Gasteiger charge is -2.72. The predicted molar refractivity (Wildman–Crippen MR) is 131 cm³/mol. The van der Waals surface area contributed by atoms with Gasteiger partial charge in [0.15, 0.2) is 0 Å². The van der Waals surface area contributed by atoms with Crippen LogP contribution >= 0.6 is 0 Å². The molecule has 0 aromatic heterocycles. The fourth-order valence-corrected chi connectivity index (χ4v) is 10.9. The monoisotopic (exact) mass is 448 g/mol. The first-order valence-electron chi connectivity index (χ1n) is 13.9. The molecule has 0 bridgehead atoms. The molecule has 0 aliphatic heterocycles. The highest BCUT2D eigenvalue weighted by atomic mass is 16.3. The summed E-state index contributed by atoms with van der Waals surface area (Å²) in [5.74, 6) is 3.07. The molecule has 0 spiro atoms. The average molecular weight is 449 g/mol. The minimum Gasteiger partial charge on any atom is -0.393 e. The number of aliphatic hydroxyl groups excluding tert-OH is 3. The van der Waals surface area contributed by atoms with Crippen LogP contribution in [0.3, 0.4) is 0 Å². The van der Waals surface area contributed by atoms with Gasteiger partial charge in [0.05, 0.1) is 18.3 Å². The summed E-state index contributed by atoms with van der Waals surface area (Å²) in [6, 6.07) is 0. The van der Waals surface area contributed by atoms with E-state index in [1.165, 1.54) is 32.1 Å². The minimum atomic E-state index is -0.530. The van der Waals surface area contributed by atoms with E-state index in [0.717, 1.165) is 18.8 Å². The molecule has 0 aromatic carbocycles. The first kappa shape index (κ1) is 25.0. The molecule has 186 valence electrons. The van der Waals surface area contributed by atoms with Crippen LogP contribution in [0, 0.1) is 63.6 Å². The van der Waals surface area contributed by atoms with Gasteiger partial charge in [0.1, 0.15) is 0 Å². The number of rotatable bonds is 3. The molecule has 14 unspecified atom stereocenters. The number of hydrogen-bond acceptors (Lipinski definition) is 3. The molecule has 0 amide bonds. The fourth-order valence-electron chi connectivity index (χ4n) is 10.9. The van der Waals surface area contributed by atoms with E-state index in [0.29, 0.717) is 23.7 Å². The highest BCUT2D eigenvalue weighted by Gasteiger charge is 2.70. The molecule has 3 heteroatoms. The Labute approximate surface area is 197 Å². The Morgan fingerprint density at radius 1 is 0.969 bits per heavy atom. The van der Waals surface area contributed by atoms with Gasteiger partial charge in [-0.25, -0.2) is 0 Å². The van der Waals surface area contributed by atoms with Gasteiger partial charge in [0, 0.05) is 11.3 Å².